The lowest BCUT2D eigenvalue weighted by atomic mass is 10.0. The fourth-order valence-electron chi connectivity index (χ4n) is 3.43. The van der Waals surface area contributed by atoms with Crippen molar-refractivity contribution in [3.8, 4) is 5.88 Å². The highest BCUT2D eigenvalue weighted by molar-refractivity contribution is 7.80. The maximum atomic E-state index is 5.40. The van der Waals surface area contributed by atoms with Crippen LogP contribution >= 0.6 is 12.2 Å². The van der Waals surface area contributed by atoms with E-state index in [0.29, 0.717) is 22.9 Å². The van der Waals surface area contributed by atoms with Crippen LogP contribution in [0.5, 0.6) is 5.88 Å². The van der Waals surface area contributed by atoms with Gasteiger partial charge in [0.2, 0.25) is 11.8 Å². The van der Waals surface area contributed by atoms with Crippen LogP contribution in [0.15, 0.2) is 6.07 Å². The Morgan fingerprint density at radius 2 is 2.15 bits per heavy atom. The predicted molar refractivity (Wildman–Crippen MR) is 111 cm³/mol. The van der Waals surface area contributed by atoms with E-state index in [1.807, 2.05) is 6.07 Å². The van der Waals surface area contributed by atoms with Crippen LogP contribution in [0.4, 0.5) is 11.8 Å². The van der Waals surface area contributed by atoms with Gasteiger partial charge in [0.1, 0.15) is 5.82 Å². The summed E-state index contributed by atoms with van der Waals surface area (Å²) in [6.45, 7) is 9.53. The summed E-state index contributed by atoms with van der Waals surface area (Å²) < 4.78 is 10.7. The summed E-state index contributed by atoms with van der Waals surface area (Å²) in [5.74, 6) is 2.55. The minimum Gasteiger partial charge on any atom is -0.481 e. The summed E-state index contributed by atoms with van der Waals surface area (Å²) in [7, 11) is 1.62. The lowest BCUT2D eigenvalue weighted by molar-refractivity contribution is 0.0389. The van der Waals surface area contributed by atoms with Gasteiger partial charge in [0.05, 0.1) is 20.3 Å². The smallest absolute Gasteiger partial charge is 0.234 e. The molecule has 0 radical (unpaired) electrons. The standard InChI is InChI=1S/C18H30N6O2S/c1-14-4-3-6-24(13-14)15-12-16(25-2)21-17(20-15)22-18(27)19-5-7-23-8-10-26-11-9-23/h12,14H,3-11,13H2,1-2H3,(H2,19,20,21,22,27)/t14-/m1/s1. The van der Waals surface area contributed by atoms with Crippen molar-refractivity contribution in [1.29, 1.82) is 0 Å². The Morgan fingerprint density at radius 1 is 1.33 bits per heavy atom. The van der Waals surface area contributed by atoms with Crippen molar-refractivity contribution in [2.24, 2.45) is 5.92 Å². The largest absolute Gasteiger partial charge is 0.481 e. The first-order valence-corrected chi connectivity index (χ1v) is 10.1. The van der Waals surface area contributed by atoms with Crippen LogP contribution in [0.3, 0.4) is 0 Å². The number of anilines is 2. The molecule has 27 heavy (non-hydrogen) atoms. The molecule has 1 aromatic rings. The second-order valence-electron chi connectivity index (χ2n) is 7.12. The number of hydrogen-bond acceptors (Lipinski definition) is 7. The van der Waals surface area contributed by atoms with E-state index in [1.165, 1.54) is 12.8 Å². The molecule has 2 aliphatic rings. The number of thiocarbonyl (C=S) groups is 1. The van der Waals surface area contributed by atoms with E-state index in [1.54, 1.807) is 7.11 Å². The van der Waals surface area contributed by atoms with Gasteiger partial charge in [0.15, 0.2) is 5.11 Å². The zero-order valence-corrected chi connectivity index (χ0v) is 17.1. The molecule has 2 N–H and O–H groups in total. The highest BCUT2D eigenvalue weighted by atomic mass is 32.1. The van der Waals surface area contributed by atoms with E-state index in [2.05, 4.69) is 37.3 Å². The van der Waals surface area contributed by atoms with Gasteiger partial charge in [-0.05, 0) is 31.0 Å². The van der Waals surface area contributed by atoms with E-state index in [4.69, 9.17) is 21.7 Å². The number of piperidine rings is 1. The van der Waals surface area contributed by atoms with Crippen molar-refractivity contribution in [3.63, 3.8) is 0 Å². The van der Waals surface area contributed by atoms with Crippen LogP contribution in [0.25, 0.3) is 0 Å². The Morgan fingerprint density at radius 3 is 2.89 bits per heavy atom. The molecule has 9 heteroatoms. The Balaban J connectivity index is 1.54. The van der Waals surface area contributed by atoms with Gasteiger partial charge >= 0.3 is 0 Å². The Kier molecular flexibility index (Phi) is 7.42. The van der Waals surface area contributed by atoms with Gasteiger partial charge in [-0.15, -0.1) is 0 Å². The molecule has 0 saturated carbocycles. The van der Waals surface area contributed by atoms with Crippen LogP contribution in [0.1, 0.15) is 19.8 Å². The van der Waals surface area contributed by atoms with Crippen molar-refractivity contribution in [3.05, 3.63) is 6.07 Å². The molecule has 2 saturated heterocycles. The zero-order valence-electron chi connectivity index (χ0n) is 16.2. The molecular weight excluding hydrogens is 364 g/mol. The molecule has 8 nitrogen and oxygen atoms in total. The van der Waals surface area contributed by atoms with Crippen molar-refractivity contribution in [2.75, 3.05) is 69.8 Å². The number of rotatable bonds is 6. The van der Waals surface area contributed by atoms with Crippen molar-refractivity contribution in [1.82, 2.24) is 20.2 Å². The van der Waals surface area contributed by atoms with E-state index >= 15 is 0 Å². The van der Waals surface area contributed by atoms with Crippen LogP contribution < -0.4 is 20.3 Å². The molecule has 0 aliphatic carbocycles. The Bertz CT molecular complexity index is 626. The molecule has 150 valence electrons. The minimum atomic E-state index is 0.464. The van der Waals surface area contributed by atoms with Gasteiger partial charge in [0, 0.05) is 45.3 Å². The summed E-state index contributed by atoms with van der Waals surface area (Å²) in [6, 6.07) is 1.89. The summed E-state index contributed by atoms with van der Waals surface area (Å²) in [5.41, 5.74) is 0. The molecule has 3 rings (SSSR count). The SMILES string of the molecule is COc1cc(N2CCC[C@@H](C)C2)nc(NC(=S)NCCN2CCOCC2)n1. The van der Waals surface area contributed by atoms with Gasteiger partial charge < -0.3 is 25.0 Å². The third-order valence-electron chi connectivity index (χ3n) is 4.92. The summed E-state index contributed by atoms with van der Waals surface area (Å²) in [6.07, 6.45) is 2.44. The second-order valence-corrected chi connectivity index (χ2v) is 7.53. The fourth-order valence-corrected chi connectivity index (χ4v) is 3.62. The normalized spacial score (nSPS) is 21.0. The molecule has 0 amide bonds. The van der Waals surface area contributed by atoms with E-state index in [-0.39, 0.29) is 0 Å². The Hall–Kier alpha value is -1.71. The average Bonchev–Trinajstić information content (AvgIpc) is 2.68. The average molecular weight is 395 g/mol. The molecular formula is C18H30N6O2S. The number of aromatic nitrogens is 2. The van der Waals surface area contributed by atoms with Crippen molar-refractivity contribution in [2.45, 2.75) is 19.8 Å². The van der Waals surface area contributed by atoms with Crippen LogP contribution in [-0.4, -0.2) is 79.6 Å². The minimum absolute atomic E-state index is 0.464. The predicted octanol–water partition coefficient (Wildman–Crippen LogP) is 1.34. The third kappa shape index (κ3) is 6.15. The number of nitrogens with one attached hydrogen (secondary N) is 2. The number of morpholine rings is 1. The van der Waals surface area contributed by atoms with Crippen molar-refractivity contribution < 1.29 is 9.47 Å². The first-order chi connectivity index (χ1) is 13.1. The molecule has 0 spiro atoms. The zero-order chi connectivity index (χ0) is 19.1. The molecule has 0 unspecified atom stereocenters. The Labute approximate surface area is 166 Å². The van der Waals surface area contributed by atoms with Gasteiger partial charge in [-0.2, -0.15) is 9.97 Å². The summed E-state index contributed by atoms with van der Waals surface area (Å²) >= 11 is 5.40. The van der Waals surface area contributed by atoms with Crippen LogP contribution in [0, 0.1) is 5.92 Å². The number of hydrogen-bond donors (Lipinski definition) is 2. The molecule has 3 heterocycles. The van der Waals surface area contributed by atoms with Gasteiger partial charge in [-0.1, -0.05) is 6.92 Å². The van der Waals surface area contributed by atoms with Crippen LogP contribution in [-0.2, 0) is 4.74 Å². The molecule has 0 aromatic carbocycles. The second kappa shape index (κ2) is 10.0. The topological polar surface area (TPSA) is 74.8 Å². The first-order valence-electron chi connectivity index (χ1n) is 9.67. The highest BCUT2D eigenvalue weighted by Gasteiger charge is 2.19. The highest BCUT2D eigenvalue weighted by Crippen LogP contribution is 2.24. The van der Waals surface area contributed by atoms with E-state index < -0.39 is 0 Å². The van der Waals surface area contributed by atoms with E-state index in [9.17, 15) is 0 Å². The van der Waals surface area contributed by atoms with Crippen molar-refractivity contribution >= 4 is 29.1 Å². The third-order valence-corrected chi connectivity index (χ3v) is 5.17. The fraction of sp³-hybridized carbons (Fsp3) is 0.722. The number of nitrogens with zero attached hydrogens (tertiary/aromatic N) is 4. The lowest BCUT2D eigenvalue weighted by Gasteiger charge is -2.32. The van der Waals surface area contributed by atoms with Gasteiger partial charge in [-0.25, -0.2) is 0 Å². The number of ether oxygens (including phenoxy) is 2. The van der Waals surface area contributed by atoms with Crippen LogP contribution in [0.2, 0.25) is 0 Å². The monoisotopic (exact) mass is 394 g/mol. The molecule has 1 aromatic heterocycles. The van der Waals surface area contributed by atoms with Gasteiger partial charge in [0.25, 0.3) is 0 Å². The molecule has 2 aliphatic heterocycles. The van der Waals surface area contributed by atoms with E-state index in [0.717, 1.165) is 58.3 Å². The number of methoxy groups -OCH3 is 1. The maximum Gasteiger partial charge on any atom is 0.234 e. The summed E-state index contributed by atoms with van der Waals surface area (Å²) in [4.78, 5) is 13.7. The molecule has 2 fully saturated rings. The maximum absolute atomic E-state index is 5.40. The quantitative estimate of drug-likeness (QED) is 0.695. The lowest BCUT2D eigenvalue weighted by Crippen LogP contribution is -2.42. The molecule has 0 bridgehead atoms. The van der Waals surface area contributed by atoms with Gasteiger partial charge in [-0.3, -0.25) is 4.90 Å². The first kappa shape index (κ1) is 20.0. The summed E-state index contributed by atoms with van der Waals surface area (Å²) in [5, 5.41) is 6.84. The molecule has 1 atom stereocenters.